The standard InChI is InChI=1S/C14H13/c1-2-12-8-6-7-11-14(12)13-9-4-3-5-10-13/h3-9,11H,2H2,1H3. The number of hydrogen-bond acceptors (Lipinski definition) is 0. The van der Waals surface area contributed by atoms with Gasteiger partial charge in [0, 0.05) is 0 Å². The highest BCUT2D eigenvalue weighted by molar-refractivity contribution is 5.66. The van der Waals surface area contributed by atoms with Gasteiger partial charge in [-0.15, -0.1) is 0 Å². The van der Waals surface area contributed by atoms with Gasteiger partial charge in [0.25, 0.3) is 0 Å². The molecule has 0 nitrogen and oxygen atoms in total. The van der Waals surface area contributed by atoms with E-state index in [0.29, 0.717) is 0 Å². The molecule has 2 rings (SSSR count). The van der Waals surface area contributed by atoms with E-state index in [1.54, 1.807) is 0 Å². The van der Waals surface area contributed by atoms with Crippen LogP contribution < -0.4 is 0 Å². The van der Waals surface area contributed by atoms with Gasteiger partial charge in [-0.05, 0) is 29.2 Å². The second-order valence-electron chi connectivity index (χ2n) is 3.29. The van der Waals surface area contributed by atoms with Crippen LogP contribution in [-0.4, -0.2) is 0 Å². The molecule has 0 atom stereocenters. The van der Waals surface area contributed by atoms with Gasteiger partial charge in [0.1, 0.15) is 0 Å². The third kappa shape index (κ3) is 1.69. The van der Waals surface area contributed by atoms with E-state index in [1.807, 2.05) is 12.1 Å². The third-order valence-corrected chi connectivity index (χ3v) is 2.40. The van der Waals surface area contributed by atoms with Gasteiger partial charge < -0.3 is 0 Å². The quantitative estimate of drug-likeness (QED) is 0.662. The fraction of sp³-hybridized carbons (Fsp3) is 0.143. The van der Waals surface area contributed by atoms with Crippen LogP contribution in [0, 0.1) is 6.07 Å². The van der Waals surface area contributed by atoms with E-state index in [2.05, 4.69) is 49.4 Å². The second-order valence-corrected chi connectivity index (χ2v) is 3.29. The summed E-state index contributed by atoms with van der Waals surface area (Å²) < 4.78 is 0. The molecule has 0 aliphatic carbocycles. The Morgan fingerprint density at radius 1 is 1.00 bits per heavy atom. The highest BCUT2D eigenvalue weighted by Crippen LogP contribution is 2.22. The summed E-state index contributed by atoms with van der Waals surface area (Å²) in [6, 6.07) is 19.9. The summed E-state index contributed by atoms with van der Waals surface area (Å²) in [6.07, 6.45) is 1.07. The monoisotopic (exact) mass is 181 g/mol. The molecule has 0 aliphatic rings. The molecular weight excluding hydrogens is 168 g/mol. The smallest absolute Gasteiger partial charge is 0.00991 e. The van der Waals surface area contributed by atoms with E-state index in [-0.39, 0.29) is 0 Å². The molecule has 0 heteroatoms. The average Bonchev–Trinajstić information content (AvgIpc) is 2.30. The minimum absolute atomic E-state index is 1.07. The number of benzene rings is 2. The maximum Gasteiger partial charge on any atom is -0.00991 e. The lowest BCUT2D eigenvalue weighted by atomic mass is 9.98. The first-order chi connectivity index (χ1) is 6.92. The van der Waals surface area contributed by atoms with E-state index in [0.717, 1.165) is 6.42 Å². The van der Waals surface area contributed by atoms with Gasteiger partial charge in [0.15, 0.2) is 0 Å². The molecule has 1 radical (unpaired) electrons. The number of rotatable bonds is 2. The minimum atomic E-state index is 1.07. The van der Waals surface area contributed by atoms with E-state index in [9.17, 15) is 0 Å². The van der Waals surface area contributed by atoms with Crippen molar-refractivity contribution in [1.29, 1.82) is 0 Å². The molecule has 69 valence electrons. The molecule has 0 saturated carbocycles. The molecular formula is C14H13. The molecule has 0 amide bonds. The van der Waals surface area contributed by atoms with Crippen LogP contribution in [0.25, 0.3) is 11.1 Å². The van der Waals surface area contributed by atoms with Gasteiger partial charge >= 0.3 is 0 Å². The number of hydrogen-bond donors (Lipinski definition) is 0. The summed E-state index contributed by atoms with van der Waals surface area (Å²) in [5.41, 5.74) is 3.87. The van der Waals surface area contributed by atoms with Crippen LogP contribution in [0.15, 0.2) is 48.5 Å². The van der Waals surface area contributed by atoms with Crippen molar-refractivity contribution in [3.05, 3.63) is 60.2 Å². The van der Waals surface area contributed by atoms with Gasteiger partial charge in [-0.2, -0.15) is 0 Å². The Hall–Kier alpha value is -1.56. The van der Waals surface area contributed by atoms with Crippen molar-refractivity contribution < 1.29 is 0 Å². The van der Waals surface area contributed by atoms with Crippen molar-refractivity contribution in [1.82, 2.24) is 0 Å². The predicted octanol–water partition coefficient (Wildman–Crippen LogP) is 3.72. The molecule has 0 saturated heterocycles. The summed E-state index contributed by atoms with van der Waals surface area (Å²) in [6.45, 7) is 2.18. The van der Waals surface area contributed by atoms with Crippen molar-refractivity contribution >= 4 is 0 Å². The molecule has 0 fully saturated rings. The van der Waals surface area contributed by atoms with Crippen molar-refractivity contribution in [3.63, 3.8) is 0 Å². The Morgan fingerprint density at radius 2 is 1.79 bits per heavy atom. The molecule has 14 heavy (non-hydrogen) atoms. The Balaban J connectivity index is 2.51. The highest BCUT2D eigenvalue weighted by Gasteiger charge is 2.00. The van der Waals surface area contributed by atoms with Crippen molar-refractivity contribution in [2.24, 2.45) is 0 Å². The van der Waals surface area contributed by atoms with E-state index >= 15 is 0 Å². The van der Waals surface area contributed by atoms with Gasteiger partial charge in [0.2, 0.25) is 0 Å². The van der Waals surface area contributed by atoms with E-state index < -0.39 is 0 Å². The Bertz CT molecular complexity index is 401. The molecule has 2 aromatic rings. The van der Waals surface area contributed by atoms with Gasteiger partial charge in [0.05, 0.1) is 0 Å². The minimum Gasteiger partial charge on any atom is -0.0620 e. The first-order valence-corrected chi connectivity index (χ1v) is 4.97. The topological polar surface area (TPSA) is 0 Å². The summed E-state index contributed by atoms with van der Waals surface area (Å²) in [5, 5.41) is 0. The Kier molecular flexibility index (Phi) is 2.64. The van der Waals surface area contributed by atoms with Crippen LogP contribution in [0.4, 0.5) is 0 Å². The second kappa shape index (κ2) is 4.10. The summed E-state index contributed by atoms with van der Waals surface area (Å²) in [5.74, 6) is 0. The summed E-state index contributed by atoms with van der Waals surface area (Å²) in [7, 11) is 0. The van der Waals surface area contributed by atoms with Crippen LogP contribution in [0.5, 0.6) is 0 Å². The molecule has 2 aromatic carbocycles. The molecule has 0 unspecified atom stereocenters. The zero-order valence-electron chi connectivity index (χ0n) is 8.33. The SMILES string of the molecule is CCc1ccccc1-c1[c]cccc1. The number of aryl methyl sites for hydroxylation is 1. The normalized spacial score (nSPS) is 10.1. The first kappa shape index (κ1) is 9.01. The maximum atomic E-state index is 3.26. The lowest BCUT2D eigenvalue weighted by molar-refractivity contribution is 1.14. The van der Waals surface area contributed by atoms with Gasteiger partial charge in [-0.25, -0.2) is 0 Å². The van der Waals surface area contributed by atoms with Crippen molar-refractivity contribution in [3.8, 4) is 11.1 Å². The van der Waals surface area contributed by atoms with Crippen LogP contribution in [0.1, 0.15) is 12.5 Å². The summed E-state index contributed by atoms with van der Waals surface area (Å²) in [4.78, 5) is 0. The first-order valence-electron chi connectivity index (χ1n) is 4.97. The van der Waals surface area contributed by atoms with Crippen LogP contribution >= 0.6 is 0 Å². The van der Waals surface area contributed by atoms with E-state index in [4.69, 9.17) is 0 Å². The van der Waals surface area contributed by atoms with Crippen LogP contribution in [-0.2, 0) is 6.42 Å². The van der Waals surface area contributed by atoms with Gasteiger partial charge in [-0.1, -0.05) is 55.5 Å². The molecule has 0 heterocycles. The van der Waals surface area contributed by atoms with Crippen molar-refractivity contribution in [2.75, 3.05) is 0 Å². The fourth-order valence-electron chi connectivity index (χ4n) is 1.65. The lowest BCUT2D eigenvalue weighted by Crippen LogP contribution is -1.86. The zero-order valence-corrected chi connectivity index (χ0v) is 8.33. The zero-order chi connectivity index (χ0) is 9.80. The molecule has 0 spiro atoms. The molecule has 0 bridgehead atoms. The Morgan fingerprint density at radius 3 is 2.50 bits per heavy atom. The average molecular weight is 181 g/mol. The molecule has 0 N–H and O–H groups in total. The van der Waals surface area contributed by atoms with Crippen LogP contribution in [0.3, 0.4) is 0 Å². The summed E-state index contributed by atoms with van der Waals surface area (Å²) >= 11 is 0. The molecule has 0 aromatic heterocycles. The van der Waals surface area contributed by atoms with Crippen LogP contribution in [0.2, 0.25) is 0 Å². The third-order valence-electron chi connectivity index (χ3n) is 2.40. The van der Waals surface area contributed by atoms with E-state index in [1.165, 1.54) is 16.7 Å². The lowest BCUT2D eigenvalue weighted by Gasteiger charge is -2.06. The maximum absolute atomic E-state index is 3.26. The highest BCUT2D eigenvalue weighted by atomic mass is 14.0. The fourth-order valence-corrected chi connectivity index (χ4v) is 1.65. The molecule has 0 aliphatic heterocycles. The Labute approximate surface area is 85.2 Å². The predicted molar refractivity (Wildman–Crippen MR) is 60.1 cm³/mol. The largest absolute Gasteiger partial charge is 0.0620 e. The van der Waals surface area contributed by atoms with Gasteiger partial charge in [-0.3, -0.25) is 0 Å². The van der Waals surface area contributed by atoms with Crippen molar-refractivity contribution in [2.45, 2.75) is 13.3 Å².